The number of sulfonamides is 1. The van der Waals surface area contributed by atoms with E-state index < -0.39 is 15.9 Å². The first-order valence-electron chi connectivity index (χ1n) is 10.7. The van der Waals surface area contributed by atoms with Gasteiger partial charge in [0.15, 0.2) is 0 Å². The van der Waals surface area contributed by atoms with Crippen molar-refractivity contribution in [3.8, 4) is 5.75 Å². The Morgan fingerprint density at radius 3 is 2.28 bits per heavy atom. The second-order valence-electron chi connectivity index (χ2n) is 7.72. The van der Waals surface area contributed by atoms with Gasteiger partial charge in [-0.25, -0.2) is 12.7 Å². The molecule has 0 aromatic heterocycles. The maximum atomic E-state index is 13.4. The van der Waals surface area contributed by atoms with Crippen molar-refractivity contribution in [1.82, 2.24) is 0 Å². The van der Waals surface area contributed by atoms with Crippen molar-refractivity contribution in [2.75, 3.05) is 10.9 Å². The highest BCUT2D eigenvalue weighted by atomic mass is 32.2. The Bertz CT molecular complexity index is 1160. The number of hydrogen-bond donors (Lipinski definition) is 0. The van der Waals surface area contributed by atoms with Crippen molar-refractivity contribution in [1.29, 1.82) is 0 Å². The molecule has 0 aliphatic rings. The Balaban J connectivity index is 1.78. The van der Waals surface area contributed by atoms with E-state index in [1.807, 2.05) is 43.3 Å². The molecule has 0 saturated carbocycles. The highest BCUT2D eigenvalue weighted by molar-refractivity contribution is 7.93. The number of aryl methyl sites for hydroxylation is 3. The molecule has 0 aliphatic heterocycles. The molecule has 0 fully saturated rings. The zero-order valence-corrected chi connectivity index (χ0v) is 19.6. The summed E-state index contributed by atoms with van der Waals surface area (Å²) in [5.41, 5.74) is 3.21. The van der Waals surface area contributed by atoms with Gasteiger partial charge in [-0.05, 0) is 73.7 Å². The van der Waals surface area contributed by atoms with Crippen LogP contribution in [0.5, 0.6) is 5.75 Å². The summed E-state index contributed by atoms with van der Waals surface area (Å²) in [6.45, 7) is 6.09. The fraction of sp³-hybridized carbons (Fsp3) is 0.269. The number of benzene rings is 3. The minimum Gasteiger partial charge on any atom is -0.494 e. The molecular formula is C26H29NO4S. The van der Waals surface area contributed by atoms with Gasteiger partial charge in [0.2, 0.25) is 5.91 Å². The van der Waals surface area contributed by atoms with Gasteiger partial charge in [0.05, 0.1) is 17.2 Å². The average molecular weight is 452 g/mol. The second kappa shape index (κ2) is 10.5. The summed E-state index contributed by atoms with van der Waals surface area (Å²) in [4.78, 5) is 13.3. The van der Waals surface area contributed by atoms with E-state index in [2.05, 4.69) is 6.92 Å². The van der Waals surface area contributed by atoms with E-state index in [0.29, 0.717) is 18.7 Å². The molecular weight excluding hydrogens is 422 g/mol. The lowest BCUT2D eigenvalue weighted by Crippen LogP contribution is -2.37. The molecule has 3 aromatic carbocycles. The number of ether oxygens (including phenoxy) is 1. The minimum absolute atomic E-state index is 0.0481. The Hall–Kier alpha value is -3.12. The summed E-state index contributed by atoms with van der Waals surface area (Å²) in [5.74, 6) is 0.255. The average Bonchev–Trinajstić information content (AvgIpc) is 2.80. The van der Waals surface area contributed by atoms with Gasteiger partial charge in [0.1, 0.15) is 5.75 Å². The molecule has 0 saturated heterocycles. The molecule has 1 amide bonds. The Morgan fingerprint density at radius 2 is 1.62 bits per heavy atom. The molecule has 32 heavy (non-hydrogen) atoms. The predicted molar refractivity (Wildman–Crippen MR) is 128 cm³/mol. The van der Waals surface area contributed by atoms with E-state index in [4.69, 9.17) is 4.74 Å². The highest BCUT2D eigenvalue weighted by Crippen LogP contribution is 2.29. The third kappa shape index (κ3) is 5.56. The van der Waals surface area contributed by atoms with Gasteiger partial charge in [-0.2, -0.15) is 0 Å². The Kier molecular flexibility index (Phi) is 7.70. The third-order valence-electron chi connectivity index (χ3n) is 5.23. The molecule has 0 radical (unpaired) electrons. The third-order valence-corrected chi connectivity index (χ3v) is 6.98. The van der Waals surface area contributed by atoms with Crippen molar-refractivity contribution in [2.45, 2.75) is 44.9 Å². The van der Waals surface area contributed by atoms with E-state index in [1.54, 1.807) is 31.2 Å². The van der Waals surface area contributed by atoms with Crippen LogP contribution in [-0.2, 0) is 21.2 Å². The van der Waals surface area contributed by atoms with Gasteiger partial charge in [0.25, 0.3) is 10.0 Å². The van der Waals surface area contributed by atoms with Gasteiger partial charge >= 0.3 is 0 Å². The quantitative estimate of drug-likeness (QED) is 0.406. The molecule has 3 aromatic rings. The number of carbonyl (C=O) groups excluding carboxylic acids is 1. The van der Waals surface area contributed by atoms with Crippen molar-refractivity contribution in [2.24, 2.45) is 0 Å². The van der Waals surface area contributed by atoms with Crippen LogP contribution in [0.1, 0.15) is 36.5 Å². The van der Waals surface area contributed by atoms with Crippen molar-refractivity contribution in [3.63, 3.8) is 0 Å². The molecule has 0 bridgehead atoms. The van der Waals surface area contributed by atoms with Crippen LogP contribution in [-0.4, -0.2) is 20.9 Å². The van der Waals surface area contributed by atoms with E-state index in [-0.39, 0.29) is 11.3 Å². The van der Waals surface area contributed by atoms with Gasteiger partial charge in [-0.3, -0.25) is 4.79 Å². The summed E-state index contributed by atoms with van der Waals surface area (Å²) in [6, 6.07) is 21.3. The number of rotatable bonds is 9. The molecule has 6 heteroatoms. The standard InChI is InChI=1S/C26H29NO4S/c1-4-22-14-16-23(17-15-22)31-18-8-11-26(28)27(25-19-20(2)12-13-21(25)3)32(29,30)24-9-6-5-7-10-24/h5-7,9-10,12-17,19H,4,8,11,18H2,1-3H3. The van der Waals surface area contributed by atoms with Crippen LogP contribution < -0.4 is 9.04 Å². The molecule has 0 atom stereocenters. The zero-order valence-electron chi connectivity index (χ0n) is 18.7. The van der Waals surface area contributed by atoms with Crippen LogP contribution in [0.3, 0.4) is 0 Å². The Morgan fingerprint density at radius 1 is 0.938 bits per heavy atom. The molecule has 0 spiro atoms. The van der Waals surface area contributed by atoms with E-state index in [1.165, 1.54) is 17.7 Å². The maximum absolute atomic E-state index is 13.4. The largest absolute Gasteiger partial charge is 0.494 e. The summed E-state index contributed by atoms with van der Waals surface area (Å²) in [5, 5.41) is 0. The lowest BCUT2D eigenvalue weighted by molar-refractivity contribution is -0.117. The summed E-state index contributed by atoms with van der Waals surface area (Å²) >= 11 is 0. The lowest BCUT2D eigenvalue weighted by Gasteiger charge is -2.25. The van der Waals surface area contributed by atoms with Crippen molar-refractivity contribution in [3.05, 3.63) is 89.5 Å². The topological polar surface area (TPSA) is 63.7 Å². The van der Waals surface area contributed by atoms with Crippen LogP contribution in [0, 0.1) is 13.8 Å². The second-order valence-corrected chi connectivity index (χ2v) is 9.50. The summed E-state index contributed by atoms with van der Waals surface area (Å²) < 4.78 is 33.5. The normalized spacial score (nSPS) is 11.2. The van der Waals surface area contributed by atoms with Gasteiger partial charge in [0, 0.05) is 6.42 Å². The van der Waals surface area contributed by atoms with Gasteiger partial charge in [-0.1, -0.05) is 49.4 Å². The van der Waals surface area contributed by atoms with Crippen LogP contribution in [0.25, 0.3) is 0 Å². The summed E-state index contributed by atoms with van der Waals surface area (Å²) in [7, 11) is -4.05. The molecule has 5 nitrogen and oxygen atoms in total. The van der Waals surface area contributed by atoms with Crippen molar-refractivity contribution < 1.29 is 17.9 Å². The predicted octanol–water partition coefficient (Wildman–Crippen LogP) is 5.45. The monoisotopic (exact) mass is 451 g/mol. The molecule has 0 heterocycles. The van der Waals surface area contributed by atoms with Crippen LogP contribution in [0.4, 0.5) is 5.69 Å². The lowest BCUT2D eigenvalue weighted by atomic mass is 10.1. The molecule has 0 aliphatic carbocycles. The molecule has 168 valence electrons. The first-order chi connectivity index (χ1) is 15.3. The van der Waals surface area contributed by atoms with Crippen LogP contribution >= 0.6 is 0 Å². The molecule has 0 unspecified atom stereocenters. The summed E-state index contributed by atoms with van der Waals surface area (Å²) in [6.07, 6.45) is 1.41. The van der Waals surface area contributed by atoms with Gasteiger partial charge < -0.3 is 4.74 Å². The van der Waals surface area contributed by atoms with Crippen molar-refractivity contribution >= 4 is 21.6 Å². The number of nitrogens with zero attached hydrogens (tertiary/aromatic N) is 1. The number of carbonyl (C=O) groups is 1. The zero-order chi connectivity index (χ0) is 23.1. The minimum atomic E-state index is -4.05. The smallest absolute Gasteiger partial charge is 0.270 e. The fourth-order valence-corrected chi connectivity index (χ4v) is 4.90. The Labute approximate surface area is 190 Å². The highest BCUT2D eigenvalue weighted by Gasteiger charge is 2.31. The number of hydrogen-bond acceptors (Lipinski definition) is 4. The SMILES string of the molecule is CCc1ccc(OCCCC(=O)N(c2cc(C)ccc2C)S(=O)(=O)c2ccccc2)cc1. The van der Waals surface area contributed by atoms with Crippen LogP contribution in [0.15, 0.2) is 77.7 Å². The first kappa shape index (κ1) is 23.5. The molecule has 0 N–H and O–H groups in total. The fourth-order valence-electron chi connectivity index (χ4n) is 3.37. The first-order valence-corrected chi connectivity index (χ1v) is 12.2. The van der Waals surface area contributed by atoms with E-state index in [0.717, 1.165) is 27.6 Å². The van der Waals surface area contributed by atoms with Gasteiger partial charge in [-0.15, -0.1) is 0 Å². The maximum Gasteiger partial charge on any atom is 0.270 e. The van der Waals surface area contributed by atoms with Crippen LogP contribution in [0.2, 0.25) is 0 Å². The van der Waals surface area contributed by atoms with E-state index in [9.17, 15) is 13.2 Å². The van der Waals surface area contributed by atoms with E-state index >= 15 is 0 Å². The number of anilines is 1. The molecule has 3 rings (SSSR count). The number of amides is 1.